The normalized spacial score (nSPS) is 9.69. The number of carbonyl (C=O) groups excluding carboxylic acids is 2. The van der Waals surface area contributed by atoms with Gasteiger partial charge in [-0.2, -0.15) is 0 Å². The van der Waals surface area contributed by atoms with Crippen molar-refractivity contribution in [3.8, 4) is 0 Å². The fraction of sp³-hybridized carbons (Fsp3) is 0.333. The average Bonchev–Trinajstić information content (AvgIpc) is 2.28. The van der Waals surface area contributed by atoms with Gasteiger partial charge in [-0.25, -0.2) is 9.97 Å². The third-order valence-electron chi connectivity index (χ3n) is 1.80. The van der Waals surface area contributed by atoms with Crippen LogP contribution in [0.15, 0.2) is 12.4 Å². The minimum absolute atomic E-state index is 0.179. The van der Waals surface area contributed by atoms with E-state index >= 15 is 0 Å². The van der Waals surface area contributed by atoms with Crippen molar-refractivity contribution >= 4 is 29.4 Å². The van der Waals surface area contributed by atoms with Gasteiger partial charge in [-0.1, -0.05) is 11.6 Å². The number of nitrogens with zero attached hydrogens (tertiary/aromatic N) is 3. The van der Waals surface area contributed by atoms with Crippen LogP contribution in [-0.4, -0.2) is 36.0 Å². The molecule has 0 unspecified atom stereocenters. The molecule has 6 nitrogen and oxygen atoms in total. The van der Waals surface area contributed by atoms with Gasteiger partial charge >= 0.3 is 5.97 Å². The molecule has 0 radical (unpaired) electrons. The standard InChI is InChI=1S/C9H10ClN3O3/c1-13(7(14)3-8(15)16-2)9-11-4-6(10)5-12-9/h4-5H,3H2,1-2H3. The van der Waals surface area contributed by atoms with Crippen LogP contribution in [0.3, 0.4) is 0 Å². The maximum Gasteiger partial charge on any atom is 0.315 e. The number of rotatable bonds is 3. The van der Waals surface area contributed by atoms with Gasteiger partial charge in [0, 0.05) is 7.05 Å². The van der Waals surface area contributed by atoms with E-state index in [1.807, 2.05) is 0 Å². The summed E-state index contributed by atoms with van der Waals surface area (Å²) < 4.78 is 4.38. The number of halogens is 1. The number of ether oxygens (including phenoxy) is 1. The number of aromatic nitrogens is 2. The molecule has 0 saturated heterocycles. The van der Waals surface area contributed by atoms with Gasteiger partial charge in [0.1, 0.15) is 6.42 Å². The van der Waals surface area contributed by atoms with Crippen LogP contribution in [0.2, 0.25) is 5.02 Å². The third-order valence-corrected chi connectivity index (χ3v) is 2.00. The Morgan fingerprint density at radius 3 is 2.50 bits per heavy atom. The van der Waals surface area contributed by atoms with Crippen LogP contribution in [0.1, 0.15) is 6.42 Å². The summed E-state index contributed by atoms with van der Waals surface area (Å²) in [6.45, 7) is 0. The van der Waals surface area contributed by atoms with E-state index in [1.54, 1.807) is 0 Å². The number of carbonyl (C=O) groups is 2. The summed E-state index contributed by atoms with van der Waals surface area (Å²) in [4.78, 5) is 31.2. The number of amides is 1. The van der Waals surface area contributed by atoms with Crippen LogP contribution in [0.25, 0.3) is 0 Å². The van der Waals surface area contributed by atoms with E-state index in [1.165, 1.54) is 26.6 Å². The molecular formula is C9H10ClN3O3. The Hall–Kier alpha value is -1.69. The first kappa shape index (κ1) is 12.4. The first-order valence-electron chi connectivity index (χ1n) is 4.35. The Labute approximate surface area is 97.2 Å². The van der Waals surface area contributed by atoms with Gasteiger partial charge in [-0.3, -0.25) is 14.5 Å². The molecule has 0 fully saturated rings. The van der Waals surface area contributed by atoms with Gasteiger partial charge in [0.15, 0.2) is 0 Å². The second-order valence-electron chi connectivity index (χ2n) is 2.91. The highest BCUT2D eigenvalue weighted by Gasteiger charge is 2.17. The zero-order chi connectivity index (χ0) is 12.1. The molecule has 86 valence electrons. The van der Waals surface area contributed by atoms with Crippen molar-refractivity contribution in [1.82, 2.24) is 9.97 Å². The summed E-state index contributed by atoms with van der Waals surface area (Å²) in [5.74, 6) is -0.877. The van der Waals surface area contributed by atoms with Gasteiger partial charge in [0.2, 0.25) is 11.9 Å². The van der Waals surface area contributed by atoms with E-state index in [9.17, 15) is 9.59 Å². The Balaban J connectivity index is 2.70. The van der Waals surface area contributed by atoms with E-state index in [0.717, 1.165) is 4.90 Å². The highest BCUT2D eigenvalue weighted by atomic mass is 35.5. The maximum absolute atomic E-state index is 11.5. The predicted octanol–water partition coefficient (Wildman–Crippen LogP) is 0.656. The van der Waals surface area contributed by atoms with E-state index in [2.05, 4.69) is 14.7 Å². The monoisotopic (exact) mass is 243 g/mol. The Morgan fingerprint density at radius 1 is 1.44 bits per heavy atom. The lowest BCUT2D eigenvalue weighted by Crippen LogP contribution is -2.30. The molecule has 0 N–H and O–H groups in total. The average molecular weight is 244 g/mol. The first-order valence-corrected chi connectivity index (χ1v) is 4.73. The Kier molecular flexibility index (Phi) is 4.19. The molecule has 0 aliphatic carbocycles. The summed E-state index contributed by atoms with van der Waals surface area (Å²) in [6, 6.07) is 0. The van der Waals surface area contributed by atoms with Crippen LogP contribution >= 0.6 is 11.6 Å². The summed E-state index contributed by atoms with van der Waals surface area (Å²) in [5, 5.41) is 0.373. The lowest BCUT2D eigenvalue weighted by molar-refractivity contribution is -0.143. The number of hydrogen-bond donors (Lipinski definition) is 0. The predicted molar refractivity (Wildman–Crippen MR) is 57.1 cm³/mol. The van der Waals surface area contributed by atoms with Crippen molar-refractivity contribution in [3.05, 3.63) is 17.4 Å². The molecule has 0 aromatic carbocycles. The minimum Gasteiger partial charge on any atom is -0.469 e. The largest absolute Gasteiger partial charge is 0.469 e. The number of anilines is 1. The molecule has 1 amide bonds. The molecule has 0 aliphatic heterocycles. The van der Waals surface area contributed by atoms with Crippen molar-refractivity contribution in [3.63, 3.8) is 0 Å². The molecule has 0 aliphatic rings. The van der Waals surface area contributed by atoms with Crippen LogP contribution < -0.4 is 4.90 Å². The van der Waals surface area contributed by atoms with Crippen LogP contribution in [-0.2, 0) is 14.3 Å². The lowest BCUT2D eigenvalue weighted by atomic mass is 10.4. The van der Waals surface area contributed by atoms with Gasteiger partial charge in [-0.15, -0.1) is 0 Å². The molecule has 0 spiro atoms. The second kappa shape index (κ2) is 5.41. The number of methoxy groups -OCH3 is 1. The van der Waals surface area contributed by atoms with Crippen molar-refractivity contribution in [1.29, 1.82) is 0 Å². The Bertz CT molecular complexity index is 393. The highest BCUT2D eigenvalue weighted by Crippen LogP contribution is 2.09. The summed E-state index contributed by atoms with van der Waals surface area (Å²) in [6.07, 6.45) is 2.39. The smallest absolute Gasteiger partial charge is 0.315 e. The van der Waals surface area contributed by atoms with E-state index in [0.29, 0.717) is 5.02 Å². The maximum atomic E-state index is 11.5. The minimum atomic E-state index is -0.606. The van der Waals surface area contributed by atoms with Crippen molar-refractivity contribution in [2.75, 3.05) is 19.1 Å². The topological polar surface area (TPSA) is 72.4 Å². The molecule has 0 saturated carbocycles. The van der Waals surface area contributed by atoms with E-state index in [4.69, 9.17) is 11.6 Å². The van der Waals surface area contributed by atoms with Crippen molar-refractivity contribution in [2.24, 2.45) is 0 Å². The Morgan fingerprint density at radius 2 is 2.00 bits per heavy atom. The molecule has 16 heavy (non-hydrogen) atoms. The van der Waals surface area contributed by atoms with Crippen LogP contribution in [0.4, 0.5) is 5.95 Å². The zero-order valence-electron chi connectivity index (χ0n) is 8.81. The van der Waals surface area contributed by atoms with Crippen LogP contribution in [0, 0.1) is 0 Å². The fourth-order valence-electron chi connectivity index (χ4n) is 0.904. The zero-order valence-corrected chi connectivity index (χ0v) is 9.56. The molecule has 0 bridgehead atoms. The SMILES string of the molecule is COC(=O)CC(=O)N(C)c1ncc(Cl)cn1. The molecular weight excluding hydrogens is 234 g/mol. The number of esters is 1. The molecule has 7 heteroatoms. The molecule has 0 atom stereocenters. The van der Waals surface area contributed by atoms with Crippen molar-refractivity contribution in [2.45, 2.75) is 6.42 Å². The summed E-state index contributed by atoms with van der Waals surface area (Å²) >= 11 is 5.60. The quantitative estimate of drug-likeness (QED) is 0.576. The summed E-state index contributed by atoms with van der Waals surface area (Å²) in [5.41, 5.74) is 0. The lowest BCUT2D eigenvalue weighted by Gasteiger charge is -2.13. The third kappa shape index (κ3) is 3.16. The van der Waals surface area contributed by atoms with Crippen LogP contribution in [0.5, 0.6) is 0 Å². The molecule has 1 heterocycles. The van der Waals surface area contributed by atoms with Gasteiger partial charge < -0.3 is 4.74 Å². The van der Waals surface area contributed by atoms with Crippen molar-refractivity contribution < 1.29 is 14.3 Å². The molecule has 1 aromatic heterocycles. The second-order valence-corrected chi connectivity index (χ2v) is 3.34. The highest BCUT2D eigenvalue weighted by molar-refractivity contribution is 6.30. The van der Waals surface area contributed by atoms with E-state index in [-0.39, 0.29) is 12.4 Å². The van der Waals surface area contributed by atoms with Gasteiger partial charge in [0.05, 0.1) is 24.5 Å². The fourth-order valence-corrected chi connectivity index (χ4v) is 1.00. The molecule has 1 rings (SSSR count). The van der Waals surface area contributed by atoms with Gasteiger partial charge in [0.25, 0.3) is 0 Å². The first-order chi connectivity index (χ1) is 7.54. The molecule has 1 aromatic rings. The van der Waals surface area contributed by atoms with E-state index < -0.39 is 11.9 Å². The van der Waals surface area contributed by atoms with Gasteiger partial charge in [-0.05, 0) is 0 Å². The number of hydrogen-bond acceptors (Lipinski definition) is 5. The summed E-state index contributed by atoms with van der Waals surface area (Å²) in [7, 11) is 2.68.